The third-order valence-corrected chi connectivity index (χ3v) is 3.55. The predicted molar refractivity (Wildman–Crippen MR) is 88.7 cm³/mol. The highest BCUT2D eigenvalue weighted by molar-refractivity contribution is 5.78. The largest absolute Gasteiger partial charge is 0.462 e. The molecule has 2 aromatic rings. The summed E-state index contributed by atoms with van der Waals surface area (Å²) in [6.45, 7) is 1.96. The Balaban J connectivity index is 2.01. The summed E-state index contributed by atoms with van der Waals surface area (Å²) >= 11 is 0. The molecule has 1 atom stereocenters. The normalized spacial score (nSPS) is 12.5. The Labute approximate surface area is 139 Å². The SMILES string of the molecule is CCOC(=O)C(F)(F)[C@H](N)c1ccc(NCc2ccccc2)cc1. The second-order valence-electron chi connectivity index (χ2n) is 5.28. The van der Waals surface area contributed by atoms with Gasteiger partial charge in [0.25, 0.3) is 0 Å². The predicted octanol–water partition coefficient (Wildman–Crippen LogP) is 3.50. The van der Waals surface area contributed by atoms with E-state index in [-0.39, 0.29) is 12.2 Å². The molecule has 0 heterocycles. The van der Waals surface area contributed by atoms with Crippen LogP contribution in [0.4, 0.5) is 14.5 Å². The maximum atomic E-state index is 13.9. The molecule has 0 unspecified atom stereocenters. The molecule has 0 aliphatic rings. The number of halogens is 2. The van der Waals surface area contributed by atoms with Crippen molar-refractivity contribution >= 4 is 11.7 Å². The molecule has 0 saturated carbocycles. The number of rotatable bonds is 7. The van der Waals surface area contributed by atoms with Gasteiger partial charge in [0, 0.05) is 12.2 Å². The average Bonchev–Trinajstić information content (AvgIpc) is 2.61. The fourth-order valence-electron chi connectivity index (χ4n) is 2.17. The number of esters is 1. The third kappa shape index (κ3) is 4.29. The van der Waals surface area contributed by atoms with E-state index in [0.29, 0.717) is 6.54 Å². The second-order valence-corrected chi connectivity index (χ2v) is 5.28. The lowest BCUT2D eigenvalue weighted by atomic mass is 10.0. The molecule has 0 amide bonds. The van der Waals surface area contributed by atoms with Gasteiger partial charge >= 0.3 is 11.9 Å². The molecule has 2 rings (SSSR count). The van der Waals surface area contributed by atoms with Crippen molar-refractivity contribution in [1.82, 2.24) is 0 Å². The molecule has 0 radical (unpaired) electrons. The Morgan fingerprint density at radius 2 is 1.79 bits per heavy atom. The van der Waals surface area contributed by atoms with Crippen molar-refractivity contribution in [2.75, 3.05) is 11.9 Å². The number of hydrogen-bond acceptors (Lipinski definition) is 4. The number of benzene rings is 2. The molecule has 24 heavy (non-hydrogen) atoms. The van der Waals surface area contributed by atoms with Crippen molar-refractivity contribution in [2.45, 2.75) is 25.4 Å². The van der Waals surface area contributed by atoms with Gasteiger partial charge in [0.15, 0.2) is 0 Å². The van der Waals surface area contributed by atoms with Crippen molar-refractivity contribution in [1.29, 1.82) is 0 Å². The Bertz CT molecular complexity index is 660. The molecule has 0 aromatic heterocycles. The van der Waals surface area contributed by atoms with Gasteiger partial charge in [0.05, 0.1) is 6.61 Å². The van der Waals surface area contributed by atoms with E-state index >= 15 is 0 Å². The van der Waals surface area contributed by atoms with Crippen LogP contribution in [0.15, 0.2) is 54.6 Å². The number of carbonyl (C=O) groups is 1. The van der Waals surface area contributed by atoms with Crippen LogP contribution < -0.4 is 11.1 Å². The summed E-state index contributed by atoms with van der Waals surface area (Å²) in [5.41, 5.74) is 7.59. The fourth-order valence-corrected chi connectivity index (χ4v) is 2.17. The molecule has 0 saturated heterocycles. The number of carbonyl (C=O) groups excluding carboxylic acids is 1. The van der Waals surface area contributed by atoms with Crippen LogP contribution in [0.25, 0.3) is 0 Å². The van der Waals surface area contributed by atoms with Gasteiger partial charge < -0.3 is 15.8 Å². The van der Waals surface area contributed by atoms with E-state index in [0.717, 1.165) is 11.3 Å². The molecule has 0 bridgehead atoms. The molecule has 4 nitrogen and oxygen atoms in total. The standard InChI is InChI=1S/C18H20F2N2O2/c1-2-24-17(23)18(19,20)16(21)14-8-10-15(11-9-14)22-12-13-6-4-3-5-7-13/h3-11,16,22H,2,12,21H2,1H3/t16-/m1/s1. The first-order chi connectivity index (χ1) is 11.4. The topological polar surface area (TPSA) is 64.3 Å². The molecule has 3 N–H and O–H groups in total. The minimum atomic E-state index is -3.77. The van der Waals surface area contributed by atoms with Crippen molar-refractivity contribution in [3.05, 3.63) is 65.7 Å². The van der Waals surface area contributed by atoms with Gasteiger partial charge in [0.2, 0.25) is 0 Å². The maximum Gasteiger partial charge on any atom is 0.379 e. The molecular weight excluding hydrogens is 314 g/mol. The van der Waals surface area contributed by atoms with Crippen LogP contribution in [0.3, 0.4) is 0 Å². The van der Waals surface area contributed by atoms with Crippen LogP contribution in [0.5, 0.6) is 0 Å². The lowest BCUT2D eigenvalue weighted by Gasteiger charge is -2.22. The molecule has 6 heteroatoms. The highest BCUT2D eigenvalue weighted by Crippen LogP contribution is 2.31. The van der Waals surface area contributed by atoms with Crippen molar-refractivity contribution < 1.29 is 18.3 Å². The summed E-state index contributed by atoms with van der Waals surface area (Å²) in [5.74, 6) is -5.38. The quantitative estimate of drug-likeness (QED) is 0.761. The Morgan fingerprint density at radius 1 is 1.17 bits per heavy atom. The zero-order valence-corrected chi connectivity index (χ0v) is 13.3. The molecule has 0 aliphatic heterocycles. The highest BCUT2D eigenvalue weighted by Gasteiger charge is 2.47. The van der Waals surface area contributed by atoms with Gasteiger partial charge in [-0.25, -0.2) is 4.79 Å². The number of nitrogens with one attached hydrogen (secondary N) is 1. The van der Waals surface area contributed by atoms with Gasteiger partial charge in [-0.15, -0.1) is 0 Å². The third-order valence-electron chi connectivity index (χ3n) is 3.55. The van der Waals surface area contributed by atoms with E-state index in [1.54, 1.807) is 12.1 Å². The lowest BCUT2D eigenvalue weighted by molar-refractivity contribution is -0.174. The summed E-state index contributed by atoms with van der Waals surface area (Å²) in [4.78, 5) is 11.3. The van der Waals surface area contributed by atoms with E-state index in [1.165, 1.54) is 19.1 Å². The van der Waals surface area contributed by atoms with Crippen molar-refractivity contribution in [2.24, 2.45) is 5.73 Å². The van der Waals surface area contributed by atoms with E-state index < -0.39 is 17.9 Å². The van der Waals surface area contributed by atoms with Gasteiger partial charge in [-0.2, -0.15) is 8.78 Å². The molecule has 2 aromatic carbocycles. The molecule has 0 fully saturated rings. The first-order valence-electron chi connectivity index (χ1n) is 7.63. The van der Waals surface area contributed by atoms with E-state index in [4.69, 9.17) is 5.73 Å². The smallest absolute Gasteiger partial charge is 0.379 e. The number of hydrogen-bond donors (Lipinski definition) is 2. The van der Waals surface area contributed by atoms with Crippen molar-refractivity contribution in [3.8, 4) is 0 Å². The lowest BCUT2D eigenvalue weighted by Crippen LogP contribution is -2.41. The summed E-state index contributed by atoms with van der Waals surface area (Å²) in [6.07, 6.45) is 0. The van der Waals surface area contributed by atoms with Crippen LogP contribution >= 0.6 is 0 Å². The summed E-state index contributed by atoms with van der Waals surface area (Å²) in [5, 5.41) is 3.19. The number of alkyl halides is 2. The zero-order chi connectivity index (χ0) is 17.6. The van der Waals surface area contributed by atoms with Gasteiger partial charge in [-0.3, -0.25) is 0 Å². The molecular formula is C18H20F2N2O2. The average molecular weight is 334 g/mol. The monoisotopic (exact) mass is 334 g/mol. The van der Waals surface area contributed by atoms with Gasteiger partial charge in [0.1, 0.15) is 6.04 Å². The minimum absolute atomic E-state index is 0.122. The minimum Gasteiger partial charge on any atom is -0.462 e. The zero-order valence-electron chi connectivity index (χ0n) is 13.3. The molecule has 128 valence electrons. The van der Waals surface area contributed by atoms with Crippen LogP contribution in [0, 0.1) is 0 Å². The molecule has 0 aliphatic carbocycles. The Kier molecular flexibility index (Phi) is 5.87. The van der Waals surface area contributed by atoms with E-state index in [9.17, 15) is 13.6 Å². The van der Waals surface area contributed by atoms with Crippen LogP contribution in [-0.4, -0.2) is 18.5 Å². The van der Waals surface area contributed by atoms with E-state index in [2.05, 4.69) is 10.1 Å². The number of nitrogens with two attached hydrogens (primary N) is 1. The van der Waals surface area contributed by atoms with Crippen LogP contribution in [0.2, 0.25) is 0 Å². The first-order valence-corrected chi connectivity index (χ1v) is 7.63. The van der Waals surface area contributed by atoms with Crippen molar-refractivity contribution in [3.63, 3.8) is 0 Å². The van der Waals surface area contributed by atoms with Gasteiger partial charge in [-0.1, -0.05) is 42.5 Å². The summed E-state index contributed by atoms with van der Waals surface area (Å²) < 4.78 is 32.3. The van der Waals surface area contributed by atoms with Crippen LogP contribution in [0.1, 0.15) is 24.1 Å². The fraction of sp³-hybridized carbons (Fsp3) is 0.278. The number of anilines is 1. The van der Waals surface area contributed by atoms with Crippen LogP contribution in [-0.2, 0) is 16.1 Å². The first kappa shape index (κ1) is 17.9. The maximum absolute atomic E-state index is 13.9. The summed E-state index contributed by atoms with van der Waals surface area (Å²) in [7, 11) is 0. The Hall–Kier alpha value is -2.47. The molecule has 0 spiro atoms. The summed E-state index contributed by atoms with van der Waals surface area (Å²) in [6, 6.07) is 14.3. The highest BCUT2D eigenvalue weighted by atomic mass is 19.3. The Morgan fingerprint density at radius 3 is 2.38 bits per heavy atom. The number of ether oxygens (including phenoxy) is 1. The second kappa shape index (κ2) is 7.88. The van der Waals surface area contributed by atoms with E-state index in [1.807, 2.05) is 30.3 Å². The van der Waals surface area contributed by atoms with Gasteiger partial charge in [-0.05, 0) is 30.2 Å².